The molecular weight excluding hydrogens is 385 g/mol. The number of H-pyrrole nitrogens is 1. The van der Waals surface area contributed by atoms with E-state index in [9.17, 15) is 9.18 Å². The number of halogens is 1. The van der Waals surface area contributed by atoms with Gasteiger partial charge >= 0.3 is 0 Å². The largest absolute Gasteiger partial charge is 0.348 e. The fraction of sp³-hybridized carbons (Fsp3) is 0.143. The van der Waals surface area contributed by atoms with E-state index < -0.39 is 5.82 Å². The number of hydrogen-bond donors (Lipinski definition) is 3. The van der Waals surface area contributed by atoms with Crippen LogP contribution in [0.25, 0.3) is 10.9 Å². The molecule has 3 N–H and O–H groups in total. The molecule has 0 bridgehead atoms. The summed E-state index contributed by atoms with van der Waals surface area (Å²) in [7, 11) is 0. The number of fused-ring (bicyclic) bond motifs is 2. The van der Waals surface area contributed by atoms with Crippen molar-refractivity contribution in [3.05, 3.63) is 65.7 Å². The molecule has 30 heavy (non-hydrogen) atoms. The number of nitrogens with zero attached hydrogens (tertiary/aromatic N) is 4. The van der Waals surface area contributed by atoms with Gasteiger partial charge in [0.1, 0.15) is 0 Å². The zero-order chi connectivity index (χ0) is 20.7. The zero-order valence-corrected chi connectivity index (χ0v) is 16.1. The smallest absolute Gasteiger partial charge is 0.251 e. The first kappa shape index (κ1) is 18.0. The van der Waals surface area contributed by atoms with Gasteiger partial charge in [-0.1, -0.05) is 12.1 Å². The Morgan fingerprint density at radius 1 is 1.23 bits per heavy atom. The molecule has 5 rings (SSSR count). The minimum atomic E-state index is -0.531. The van der Waals surface area contributed by atoms with Gasteiger partial charge in [0.25, 0.3) is 5.91 Å². The molecule has 0 aliphatic carbocycles. The molecule has 150 valence electrons. The van der Waals surface area contributed by atoms with E-state index in [1.54, 1.807) is 17.2 Å². The van der Waals surface area contributed by atoms with Gasteiger partial charge in [-0.2, -0.15) is 10.1 Å². The van der Waals surface area contributed by atoms with E-state index in [2.05, 4.69) is 30.8 Å². The molecule has 0 radical (unpaired) electrons. The molecule has 0 saturated heterocycles. The Hall–Kier alpha value is -4.01. The highest BCUT2D eigenvalue weighted by atomic mass is 19.1. The third-order valence-corrected chi connectivity index (χ3v) is 5.10. The second-order valence-corrected chi connectivity index (χ2v) is 6.90. The summed E-state index contributed by atoms with van der Waals surface area (Å²) in [6.07, 6.45) is 2.85. The Labute approximate surface area is 171 Å². The Bertz CT molecular complexity index is 1270. The first-order chi connectivity index (χ1) is 14.6. The maximum absolute atomic E-state index is 14.7. The molecule has 0 spiro atoms. The van der Waals surface area contributed by atoms with Crippen LogP contribution in [0.15, 0.2) is 48.8 Å². The van der Waals surface area contributed by atoms with Gasteiger partial charge in [0.05, 0.1) is 23.6 Å². The Balaban J connectivity index is 1.51. The maximum atomic E-state index is 14.7. The van der Waals surface area contributed by atoms with Gasteiger partial charge in [0.15, 0.2) is 11.6 Å². The number of carbonyl (C=O) groups is 1. The standard InChI is InChI=1S/C21H18FN7O/c1-2-29(18-5-3-4-17-15(18)10-25-28-17)19-16(22)11-24-21(27-19)26-13-7-6-12-9-23-20(30)14(12)8-13/h3-8,10-11H,2,9H2,1H3,(H,23,30)(H,25,28)(H,24,26,27). The topological polar surface area (TPSA) is 98.8 Å². The summed E-state index contributed by atoms with van der Waals surface area (Å²) >= 11 is 0. The van der Waals surface area contributed by atoms with E-state index in [1.165, 1.54) is 0 Å². The van der Waals surface area contributed by atoms with Crippen LogP contribution in [0, 0.1) is 5.82 Å². The Kier molecular flexibility index (Phi) is 4.27. The highest BCUT2D eigenvalue weighted by molar-refractivity contribution is 5.99. The first-order valence-corrected chi connectivity index (χ1v) is 9.54. The number of aromatic nitrogens is 4. The molecule has 4 aromatic rings. The van der Waals surface area contributed by atoms with Gasteiger partial charge in [0.2, 0.25) is 5.95 Å². The van der Waals surface area contributed by atoms with Gasteiger partial charge in [0, 0.05) is 29.7 Å². The van der Waals surface area contributed by atoms with Crippen LogP contribution in [0.5, 0.6) is 0 Å². The number of amides is 1. The number of hydrogen-bond acceptors (Lipinski definition) is 6. The highest BCUT2D eigenvalue weighted by Crippen LogP contribution is 2.32. The third-order valence-electron chi connectivity index (χ3n) is 5.10. The molecule has 2 aromatic heterocycles. The molecule has 0 atom stereocenters. The number of nitrogens with one attached hydrogen (secondary N) is 3. The minimum Gasteiger partial charge on any atom is -0.348 e. The molecule has 0 unspecified atom stereocenters. The van der Waals surface area contributed by atoms with Gasteiger partial charge in [-0.25, -0.2) is 9.37 Å². The lowest BCUT2D eigenvalue weighted by Gasteiger charge is -2.23. The normalized spacial score (nSPS) is 12.7. The molecule has 2 aromatic carbocycles. The van der Waals surface area contributed by atoms with Crippen molar-refractivity contribution in [1.82, 2.24) is 25.5 Å². The van der Waals surface area contributed by atoms with E-state index in [0.29, 0.717) is 24.3 Å². The fourth-order valence-electron chi connectivity index (χ4n) is 3.65. The van der Waals surface area contributed by atoms with Crippen molar-refractivity contribution >= 4 is 40.0 Å². The lowest BCUT2D eigenvalue weighted by atomic mass is 10.1. The van der Waals surface area contributed by atoms with Crippen LogP contribution < -0.4 is 15.5 Å². The third kappa shape index (κ3) is 3.00. The van der Waals surface area contributed by atoms with Crippen LogP contribution in [-0.2, 0) is 6.54 Å². The summed E-state index contributed by atoms with van der Waals surface area (Å²) in [4.78, 5) is 22.2. The molecule has 0 saturated carbocycles. The minimum absolute atomic E-state index is 0.111. The van der Waals surface area contributed by atoms with Crippen LogP contribution in [0.4, 0.5) is 27.5 Å². The quantitative estimate of drug-likeness (QED) is 0.471. The summed E-state index contributed by atoms with van der Waals surface area (Å²) in [6, 6.07) is 11.1. The average Bonchev–Trinajstić information content (AvgIpc) is 3.38. The number of carbonyl (C=O) groups excluding carboxylic acids is 1. The van der Waals surface area contributed by atoms with Crippen molar-refractivity contribution in [3.63, 3.8) is 0 Å². The van der Waals surface area contributed by atoms with Gasteiger partial charge in [-0.15, -0.1) is 0 Å². The lowest BCUT2D eigenvalue weighted by Crippen LogP contribution is -2.20. The van der Waals surface area contributed by atoms with E-state index in [-0.39, 0.29) is 17.7 Å². The van der Waals surface area contributed by atoms with Crippen LogP contribution >= 0.6 is 0 Å². The predicted octanol–water partition coefficient (Wildman–Crippen LogP) is 3.64. The lowest BCUT2D eigenvalue weighted by molar-refractivity contribution is 0.0966. The van der Waals surface area contributed by atoms with Gasteiger partial charge in [-0.3, -0.25) is 9.89 Å². The van der Waals surface area contributed by atoms with Crippen LogP contribution in [0.1, 0.15) is 22.8 Å². The van der Waals surface area contributed by atoms with Gasteiger partial charge in [-0.05, 0) is 36.8 Å². The second kappa shape index (κ2) is 7.11. The van der Waals surface area contributed by atoms with Crippen LogP contribution in [0.2, 0.25) is 0 Å². The van der Waals surface area contributed by atoms with Crippen LogP contribution in [-0.4, -0.2) is 32.6 Å². The number of anilines is 4. The molecule has 1 aliphatic heterocycles. The fourth-order valence-corrected chi connectivity index (χ4v) is 3.65. The summed E-state index contributed by atoms with van der Waals surface area (Å²) in [5, 5.41) is 13.7. The van der Waals surface area contributed by atoms with Crippen LogP contribution in [0.3, 0.4) is 0 Å². The van der Waals surface area contributed by atoms with Crippen molar-refractivity contribution in [2.24, 2.45) is 0 Å². The number of aromatic amines is 1. The van der Waals surface area contributed by atoms with Crippen molar-refractivity contribution < 1.29 is 9.18 Å². The zero-order valence-electron chi connectivity index (χ0n) is 16.1. The predicted molar refractivity (Wildman–Crippen MR) is 112 cm³/mol. The van der Waals surface area contributed by atoms with Crippen molar-refractivity contribution in [3.8, 4) is 0 Å². The summed E-state index contributed by atoms with van der Waals surface area (Å²) in [5.41, 5.74) is 3.86. The van der Waals surface area contributed by atoms with E-state index in [0.717, 1.165) is 28.4 Å². The summed E-state index contributed by atoms with van der Waals surface area (Å²) in [6.45, 7) is 2.94. The van der Waals surface area contributed by atoms with Crippen molar-refractivity contribution in [2.45, 2.75) is 13.5 Å². The molecular formula is C21H18FN7O. The summed E-state index contributed by atoms with van der Waals surface area (Å²) in [5.74, 6) is -0.249. The highest BCUT2D eigenvalue weighted by Gasteiger charge is 2.20. The summed E-state index contributed by atoms with van der Waals surface area (Å²) < 4.78 is 14.7. The van der Waals surface area contributed by atoms with Crippen molar-refractivity contribution in [1.29, 1.82) is 0 Å². The monoisotopic (exact) mass is 403 g/mol. The molecule has 9 heteroatoms. The number of rotatable bonds is 5. The van der Waals surface area contributed by atoms with E-state index >= 15 is 0 Å². The average molecular weight is 403 g/mol. The molecule has 1 aliphatic rings. The first-order valence-electron chi connectivity index (χ1n) is 9.54. The number of benzene rings is 2. The Morgan fingerprint density at radius 3 is 3.00 bits per heavy atom. The van der Waals surface area contributed by atoms with E-state index in [4.69, 9.17) is 0 Å². The maximum Gasteiger partial charge on any atom is 0.251 e. The molecule has 3 heterocycles. The molecule has 0 fully saturated rings. The SMILES string of the molecule is CCN(c1nc(Nc2ccc3c(c2)C(=O)NC3)ncc1F)c1cccc2[nH]ncc12. The van der Waals surface area contributed by atoms with E-state index in [1.807, 2.05) is 37.3 Å². The second-order valence-electron chi connectivity index (χ2n) is 6.90. The van der Waals surface area contributed by atoms with Gasteiger partial charge < -0.3 is 15.5 Å². The van der Waals surface area contributed by atoms with Crippen molar-refractivity contribution in [2.75, 3.05) is 16.8 Å². The molecule has 8 nitrogen and oxygen atoms in total. The molecule has 1 amide bonds. The Morgan fingerprint density at radius 2 is 2.13 bits per heavy atom.